The van der Waals surface area contributed by atoms with Gasteiger partial charge in [0.15, 0.2) is 23.1 Å². The minimum absolute atomic E-state index is 0.0574. The molecule has 1 N–H and O–H groups in total. The van der Waals surface area contributed by atoms with Crippen molar-refractivity contribution in [3.63, 3.8) is 0 Å². The molecule has 0 aliphatic rings. The molecule has 0 atom stereocenters. The van der Waals surface area contributed by atoms with E-state index in [1.165, 1.54) is 25.4 Å². The van der Waals surface area contributed by atoms with Crippen LogP contribution in [0.1, 0.15) is 11.3 Å². The Morgan fingerprint density at radius 2 is 1.64 bits per heavy atom. The average molecular weight is 461 g/mol. The minimum Gasteiger partial charge on any atom is -0.493 e. The molecule has 10 heteroatoms. The van der Waals surface area contributed by atoms with E-state index in [9.17, 15) is 22.0 Å². The van der Waals surface area contributed by atoms with Crippen molar-refractivity contribution in [3.8, 4) is 34.1 Å². The third kappa shape index (κ3) is 4.94. The van der Waals surface area contributed by atoms with Crippen LogP contribution in [0.15, 0.2) is 60.9 Å². The number of aromatic nitrogens is 3. The van der Waals surface area contributed by atoms with Crippen molar-refractivity contribution in [3.05, 3.63) is 83.8 Å². The number of hydrogen-bond acceptors (Lipinski definition) is 4. The van der Waals surface area contributed by atoms with Crippen molar-refractivity contribution in [2.45, 2.75) is 12.8 Å². The molecule has 4 rings (SSSR count). The number of H-pyrrole nitrogens is 1. The van der Waals surface area contributed by atoms with Crippen molar-refractivity contribution >= 4 is 0 Å². The molecule has 5 nitrogen and oxygen atoms in total. The fourth-order valence-corrected chi connectivity index (χ4v) is 3.04. The highest BCUT2D eigenvalue weighted by Crippen LogP contribution is 2.33. The van der Waals surface area contributed by atoms with Gasteiger partial charge in [-0.05, 0) is 48.5 Å². The number of halogens is 5. The molecule has 33 heavy (non-hydrogen) atoms. The van der Waals surface area contributed by atoms with Gasteiger partial charge in [-0.1, -0.05) is 0 Å². The molecule has 0 aliphatic carbocycles. The number of nitrogens with zero attached hydrogens (tertiary/aromatic N) is 2. The molecule has 0 radical (unpaired) electrons. The lowest BCUT2D eigenvalue weighted by Gasteiger charge is -2.12. The van der Waals surface area contributed by atoms with E-state index in [4.69, 9.17) is 9.47 Å². The van der Waals surface area contributed by atoms with Crippen LogP contribution in [0, 0.1) is 11.6 Å². The van der Waals surface area contributed by atoms with Crippen LogP contribution in [-0.2, 0) is 12.8 Å². The maximum absolute atomic E-state index is 13.5. The van der Waals surface area contributed by atoms with E-state index in [2.05, 4.69) is 15.0 Å². The lowest BCUT2D eigenvalue weighted by Crippen LogP contribution is -2.07. The first-order chi connectivity index (χ1) is 15.7. The number of benzene rings is 2. The third-order valence-electron chi connectivity index (χ3n) is 4.77. The first-order valence-electron chi connectivity index (χ1n) is 9.58. The molecule has 0 saturated heterocycles. The standard InChI is InChI=1S/C23H16F5N3O2/c1-32-21-9-13(19-11-30-22(31-19)14-2-6-17(24)18(25)8-14)3-7-20(21)33-12-16-5-4-15(10-29-16)23(26,27)28/h2-11H,12H2,1H3,(H,30,31). The van der Waals surface area contributed by atoms with E-state index in [-0.39, 0.29) is 6.61 Å². The van der Waals surface area contributed by atoms with Crippen LogP contribution in [0.4, 0.5) is 22.0 Å². The predicted octanol–water partition coefficient (Wildman–Crippen LogP) is 6.02. The second-order valence-electron chi connectivity index (χ2n) is 6.96. The molecule has 0 unspecified atom stereocenters. The summed E-state index contributed by atoms with van der Waals surface area (Å²) in [5, 5.41) is 0. The van der Waals surface area contributed by atoms with Crippen LogP contribution in [0.3, 0.4) is 0 Å². The van der Waals surface area contributed by atoms with Crippen molar-refractivity contribution < 1.29 is 31.4 Å². The monoisotopic (exact) mass is 461 g/mol. The van der Waals surface area contributed by atoms with E-state index in [1.807, 2.05) is 0 Å². The Morgan fingerprint density at radius 1 is 0.848 bits per heavy atom. The number of pyridine rings is 1. The maximum Gasteiger partial charge on any atom is 0.417 e. The first-order valence-corrected chi connectivity index (χ1v) is 9.58. The predicted molar refractivity (Wildman–Crippen MR) is 109 cm³/mol. The van der Waals surface area contributed by atoms with Crippen LogP contribution < -0.4 is 9.47 Å². The van der Waals surface area contributed by atoms with Gasteiger partial charge in [0.25, 0.3) is 0 Å². The number of aromatic amines is 1. The first kappa shape index (κ1) is 22.3. The quantitative estimate of drug-likeness (QED) is 0.357. The highest BCUT2D eigenvalue weighted by molar-refractivity contribution is 5.67. The molecule has 2 aromatic carbocycles. The summed E-state index contributed by atoms with van der Waals surface area (Å²) in [5.74, 6) is -0.822. The highest BCUT2D eigenvalue weighted by Gasteiger charge is 2.30. The van der Waals surface area contributed by atoms with Crippen molar-refractivity contribution in [2.75, 3.05) is 7.11 Å². The zero-order valence-corrected chi connectivity index (χ0v) is 17.1. The molecule has 2 heterocycles. The van der Waals surface area contributed by atoms with Crippen LogP contribution in [0.25, 0.3) is 22.6 Å². The average Bonchev–Trinajstić information content (AvgIpc) is 3.29. The van der Waals surface area contributed by atoms with Crippen LogP contribution in [0.5, 0.6) is 11.5 Å². The number of methoxy groups -OCH3 is 1. The summed E-state index contributed by atoms with van der Waals surface area (Å²) >= 11 is 0. The van der Waals surface area contributed by atoms with E-state index in [0.717, 1.165) is 24.4 Å². The van der Waals surface area contributed by atoms with Gasteiger partial charge in [0.2, 0.25) is 0 Å². The Hall–Kier alpha value is -3.95. The summed E-state index contributed by atoms with van der Waals surface area (Å²) in [7, 11) is 1.45. The molecule has 2 aromatic heterocycles. The Balaban J connectivity index is 1.50. The largest absolute Gasteiger partial charge is 0.493 e. The third-order valence-corrected chi connectivity index (χ3v) is 4.77. The number of imidazole rings is 1. The fraction of sp³-hybridized carbons (Fsp3) is 0.130. The van der Waals surface area contributed by atoms with Crippen molar-refractivity contribution in [1.29, 1.82) is 0 Å². The molecular formula is C23H16F5N3O2. The Bertz CT molecular complexity index is 1270. The SMILES string of the molecule is COc1cc(-c2cnc(-c3ccc(F)c(F)c3)[nH]2)ccc1OCc1ccc(C(F)(F)F)cn1. The van der Waals surface area contributed by atoms with Gasteiger partial charge >= 0.3 is 6.18 Å². The fourth-order valence-electron chi connectivity index (χ4n) is 3.04. The molecule has 4 aromatic rings. The summed E-state index contributed by atoms with van der Waals surface area (Å²) < 4.78 is 75.6. The van der Waals surface area contributed by atoms with E-state index in [1.54, 1.807) is 18.2 Å². The number of rotatable bonds is 6. The molecular weight excluding hydrogens is 445 g/mol. The highest BCUT2D eigenvalue weighted by atomic mass is 19.4. The number of hydrogen-bond donors (Lipinski definition) is 1. The van der Waals surface area contributed by atoms with E-state index < -0.39 is 23.4 Å². The van der Waals surface area contributed by atoms with E-state index in [0.29, 0.717) is 39.8 Å². The zero-order chi connectivity index (χ0) is 23.6. The van der Waals surface area contributed by atoms with Gasteiger partial charge in [-0.15, -0.1) is 0 Å². The van der Waals surface area contributed by atoms with Crippen molar-refractivity contribution in [1.82, 2.24) is 15.0 Å². The summed E-state index contributed by atoms with van der Waals surface area (Å²) in [6.07, 6.45) is -2.16. The zero-order valence-electron chi connectivity index (χ0n) is 17.1. The summed E-state index contributed by atoms with van der Waals surface area (Å²) in [6.45, 7) is -0.0574. The normalized spacial score (nSPS) is 11.5. The smallest absolute Gasteiger partial charge is 0.417 e. The summed E-state index contributed by atoms with van der Waals surface area (Å²) in [6, 6.07) is 10.7. The van der Waals surface area contributed by atoms with Crippen LogP contribution in [-0.4, -0.2) is 22.1 Å². The summed E-state index contributed by atoms with van der Waals surface area (Å²) in [5.41, 5.74) is 1.16. The second-order valence-corrected chi connectivity index (χ2v) is 6.96. The maximum atomic E-state index is 13.5. The molecule has 0 amide bonds. The number of nitrogens with one attached hydrogen (secondary N) is 1. The van der Waals surface area contributed by atoms with Crippen LogP contribution >= 0.6 is 0 Å². The van der Waals surface area contributed by atoms with Gasteiger partial charge in [0, 0.05) is 17.3 Å². The Kier molecular flexibility index (Phi) is 5.99. The second kappa shape index (κ2) is 8.89. The topological polar surface area (TPSA) is 60.0 Å². The van der Waals surface area contributed by atoms with Gasteiger partial charge in [-0.25, -0.2) is 13.8 Å². The molecule has 0 bridgehead atoms. The van der Waals surface area contributed by atoms with E-state index >= 15 is 0 Å². The van der Waals surface area contributed by atoms with Gasteiger partial charge in [-0.2, -0.15) is 13.2 Å². The van der Waals surface area contributed by atoms with Gasteiger partial charge in [-0.3, -0.25) is 4.98 Å². The molecule has 0 saturated carbocycles. The van der Waals surface area contributed by atoms with Gasteiger partial charge in [0.1, 0.15) is 12.4 Å². The molecule has 170 valence electrons. The molecule has 0 aliphatic heterocycles. The lowest BCUT2D eigenvalue weighted by atomic mass is 10.1. The molecule has 0 fully saturated rings. The minimum atomic E-state index is -4.46. The van der Waals surface area contributed by atoms with Crippen molar-refractivity contribution in [2.24, 2.45) is 0 Å². The Labute approximate surface area is 184 Å². The van der Waals surface area contributed by atoms with Crippen LogP contribution in [0.2, 0.25) is 0 Å². The number of alkyl halides is 3. The van der Waals surface area contributed by atoms with Gasteiger partial charge in [0.05, 0.1) is 30.3 Å². The lowest BCUT2D eigenvalue weighted by molar-refractivity contribution is -0.137. The molecule has 0 spiro atoms. The summed E-state index contributed by atoms with van der Waals surface area (Å²) in [4.78, 5) is 11.0. The Morgan fingerprint density at radius 3 is 2.30 bits per heavy atom. The van der Waals surface area contributed by atoms with Gasteiger partial charge < -0.3 is 14.5 Å². The number of ether oxygens (including phenoxy) is 2.